The van der Waals surface area contributed by atoms with Gasteiger partial charge in [0.05, 0.1) is 16.2 Å². The molecule has 0 aliphatic heterocycles. The average molecular weight is 1650 g/mol. The second-order valence-corrected chi connectivity index (χ2v) is 38.4. The Morgan fingerprint density at radius 1 is 0.315 bits per heavy atom. The van der Waals surface area contributed by atoms with Gasteiger partial charge in [-0.05, 0) is 273 Å². The number of nitrogens with zero attached hydrogens (tertiary/aromatic N) is 2. The fourth-order valence-corrected chi connectivity index (χ4v) is 21.9. The molecule has 2 heteroatoms. The SMILES string of the molecule is C=Cc1ccc(CC2(c3ccc(C(C)(C)C)cc3)c3ccccc3-c3ccc(N(c4ccccc4)c4ccc(C5=CC6C(C=C5)c5ccc(-c7ccc(N(c8ccccc8)c8ccc9c(c8)C(Cc8ccc(C=C)cc8)(c8ccc(C(C)(C)C)cc8)c8ccccc8-9)cc7)cc5C6(c5ccc(CCCCCC)cc5)c5ccc(CCCCCC)cc5)cc4)cc32)cc1. The summed E-state index contributed by atoms with van der Waals surface area (Å²) >= 11 is 0. The van der Waals surface area contributed by atoms with E-state index in [4.69, 9.17) is 0 Å². The van der Waals surface area contributed by atoms with E-state index in [1.807, 2.05) is 12.2 Å². The van der Waals surface area contributed by atoms with Crippen LogP contribution in [0.3, 0.4) is 0 Å². The van der Waals surface area contributed by atoms with Crippen LogP contribution in [0, 0.1) is 5.92 Å². The lowest BCUT2D eigenvalue weighted by Gasteiger charge is -2.40. The standard InChI is InChI=1S/C125H118N2/c1-11-15-17-21-31-89-49-59-101(60-50-89)125(102-61-51-90(52-62-102)32-22-18-16-12-2)119-81-95(93-53-71-105(72-54-93)126(103-33-23-19-24-34-103)107-75-79-111-109-37-27-29-39-115(109)123(117(111)83-107,85-91-45-41-87(13-3)42-46-91)99-67-63-97(64-68-99)121(5,6)7)57-77-113(119)114-78-58-96(82-120(114)125)94-55-73-106(74-56-94)127(104-35-25-20-26-36-104)108-76-80-112-110-38-28-30-40-116(110)124(118(112)84-108,86-92-47-43-88(14-4)44-48-92)100-69-65-98(66-70-100)122(8,9)10/h13-14,19-20,23-30,33-84,113,119H,3-4,11-12,15-18,21-22,31-32,85-86H2,1-2,5-10H3. The molecule has 0 fully saturated rings. The Morgan fingerprint density at radius 2 is 0.693 bits per heavy atom. The largest absolute Gasteiger partial charge is 0.310 e. The highest BCUT2D eigenvalue weighted by Crippen LogP contribution is 2.63. The molecule has 4 atom stereocenters. The molecule has 4 aliphatic carbocycles. The Morgan fingerprint density at radius 3 is 1.12 bits per heavy atom. The molecule has 19 rings (SSSR count). The van der Waals surface area contributed by atoms with Gasteiger partial charge in [0, 0.05) is 46.0 Å². The van der Waals surface area contributed by atoms with E-state index in [2.05, 4.69) is 454 Å². The molecule has 127 heavy (non-hydrogen) atoms. The third-order valence-corrected chi connectivity index (χ3v) is 28.6. The van der Waals surface area contributed by atoms with E-state index in [1.165, 1.54) is 185 Å². The molecule has 2 nitrogen and oxygen atoms in total. The van der Waals surface area contributed by atoms with Crippen molar-refractivity contribution in [2.45, 2.75) is 165 Å². The van der Waals surface area contributed by atoms with Gasteiger partial charge in [0.1, 0.15) is 0 Å². The molecule has 628 valence electrons. The third kappa shape index (κ3) is 15.5. The van der Waals surface area contributed by atoms with Crippen LogP contribution in [0.2, 0.25) is 0 Å². The monoisotopic (exact) mass is 1650 g/mol. The number of fused-ring (bicyclic) bond motifs is 9. The van der Waals surface area contributed by atoms with E-state index in [9.17, 15) is 0 Å². The second kappa shape index (κ2) is 35.0. The number of hydrogen-bond donors (Lipinski definition) is 0. The van der Waals surface area contributed by atoms with Crippen LogP contribution >= 0.6 is 0 Å². The lowest BCUT2D eigenvalue weighted by Crippen LogP contribution is -2.35. The van der Waals surface area contributed by atoms with Gasteiger partial charge in [0.15, 0.2) is 0 Å². The van der Waals surface area contributed by atoms with E-state index in [1.54, 1.807) is 0 Å². The first-order valence-corrected chi connectivity index (χ1v) is 46.8. The highest BCUT2D eigenvalue weighted by Gasteiger charge is 2.54. The van der Waals surface area contributed by atoms with Gasteiger partial charge in [-0.3, -0.25) is 0 Å². The molecule has 0 aromatic heterocycles. The van der Waals surface area contributed by atoms with E-state index in [0.717, 1.165) is 70.9 Å². The molecule has 0 spiro atoms. The van der Waals surface area contributed by atoms with Crippen LogP contribution in [-0.2, 0) is 52.8 Å². The van der Waals surface area contributed by atoms with Crippen molar-refractivity contribution in [1.29, 1.82) is 0 Å². The molecule has 15 aromatic rings. The second-order valence-electron chi connectivity index (χ2n) is 38.4. The molecule has 15 aromatic carbocycles. The highest BCUT2D eigenvalue weighted by molar-refractivity contribution is 5.91. The van der Waals surface area contributed by atoms with Crippen LogP contribution in [0.25, 0.3) is 51.1 Å². The Kier molecular flexibility index (Phi) is 23.0. The summed E-state index contributed by atoms with van der Waals surface area (Å²) in [5.74, 6) is 0.135. The maximum atomic E-state index is 4.13. The van der Waals surface area contributed by atoms with Gasteiger partial charge in [-0.1, -0.05) is 417 Å². The Labute approximate surface area is 756 Å². The summed E-state index contributed by atoms with van der Waals surface area (Å²) < 4.78 is 0. The van der Waals surface area contributed by atoms with Crippen molar-refractivity contribution in [3.05, 3.63) is 495 Å². The number of allylic oxidation sites excluding steroid dienone is 4. The van der Waals surface area contributed by atoms with Gasteiger partial charge in [0.2, 0.25) is 0 Å². The summed E-state index contributed by atoms with van der Waals surface area (Å²) in [6.45, 7) is 26.7. The average Bonchev–Trinajstić information content (AvgIpc) is 1.56. The van der Waals surface area contributed by atoms with E-state index in [-0.39, 0.29) is 22.7 Å². The first-order valence-electron chi connectivity index (χ1n) is 46.8. The van der Waals surface area contributed by atoms with Crippen LogP contribution < -0.4 is 9.80 Å². The Hall–Kier alpha value is -13.1. The zero-order chi connectivity index (χ0) is 87.0. The zero-order valence-electron chi connectivity index (χ0n) is 75.4. The molecule has 0 saturated heterocycles. The molecule has 4 unspecified atom stereocenters. The lowest BCUT2D eigenvalue weighted by atomic mass is 9.62. The summed E-state index contributed by atoms with van der Waals surface area (Å²) in [4.78, 5) is 4.95. The van der Waals surface area contributed by atoms with E-state index >= 15 is 0 Å². The molecule has 0 saturated carbocycles. The minimum Gasteiger partial charge on any atom is -0.310 e. The van der Waals surface area contributed by atoms with E-state index < -0.39 is 16.2 Å². The maximum Gasteiger partial charge on any atom is 0.0526 e. The molecule has 0 bridgehead atoms. The normalized spacial score (nSPS) is 16.8. The zero-order valence-corrected chi connectivity index (χ0v) is 75.4. The topological polar surface area (TPSA) is 6.48 Å². The molecule has 0 heterocycles. The van der Waals surface area contributed by atoms with Crippen molar-refractivity contribution >= 4 is 51.8 Å². The van der Waals surface area contributed by atoms with Crippen LogP contribution in [-0.4, -0.2) is 0 Å². The summed E-state index contributed by atoms with van der Waals surface area (Å²) in [6.07, 6.45) is 25.2. The number of hydrogen-bond acceptors (Lipinski definition) is 2. The minimum absolute atomic E-state index is 0.00549. The summed E-state index contributed by atoms with van der Waals surface area (Å²) in [5.41, 5.74) is 38.6. The third-order valence-electron chi connectivity index (χ3n) is 28.6. The number of para-hydroxylation sites is 2. The van der Waals surface area contributed by atoms with Crippen LogP contribution in [0.15, 0.2) is 389 Å². The fourth-order valence-electron chi connectivity index (χ4n) is 21.9. The fraction of sp³-hybridized carbons (Fsp3) is 0.216. The smallest absolute Gasteiger partial charge is 0.0526 e. The van der Waals surface area contributed by atoms with Crippen molar-refractivity contribution in [3.8, 4) is 33.4 Å². The van der Waals surface area contributed by atoms with Gasteiger partial charge in [0.25, 0.3) is 0 Å². The predicted molar refractivity (Wildman–Crippen MR) is 541 cm³/mol. The van der Waals surface area contributed by atoms with Gasteiger partial charge in [-0.15, -0.1) is 0 Å². The first-order chi connectivity index (χ1) is 62.0. The number of rotatable bonds is 28. The number of anilines is 6. The van der Waals surface area contributed by atoms with E-state index in [0.29, 0.717) is 0 Å². The number of aryl methyl sites for hydroxylation is 2. The summed E-state index contributed by atoms with van der Waals surface area (Å²) in [7, 11) is 0. The highest BCUT2D eigenvalue weighted by atomic mass is 15.1. The number of unbranched alkanes of at least 4 members (excludes halogenated alkanes) is 6. The van der Waals surface area contributed by atoms with Crippen LogP contribution in [0.5, 0.6) is 0 Å². The molecular formula is C125H118N2. The number of benzene rings is 15. The van der Waals surface area contributed by atoms with Gasteiger partial charge in [-0.25, -0.2) is 0 Å². The van der Waals surface area contributed by atoms with Crippen molar-refractivity contribution in [3.63, 3.8) is 0 Å². The molecule has 0 radical (unpaired) electrons. The predicted octanol–water partition coefficient (Wildman–Crippen LogP) is 33.2. The molecule has 0 N–H and O–H groups in total. The molecule has 4 aliphatic rings. The van der Waals surface area contributed by atoms with Gasteiger partial charge < -0.3 is 9.80 Å². The molecule has 0 amide bonds. The van der Waals surface area contributed by atoms with Crippen LogP contribution in [0.1, 0.15) is 218 Å². The van der Waals surface area contributed by atoms with Crippen molar-refractivity contribution in [2.24, 2.45) is 5.92 Å². The van der Waals surface area contributed by atoms with Gasteiger partial charge in [-0.2, -0.15) is 0 Å². The van der Waals surface area contributed by atoms with Crippen molar-refractivity contribution in [2.75, 3.05) is 9.80 Å². The quantitative estimate of drug-likeness (QED) is 0.0451. The van der Waals surface area contributed by atoms with Gasteiger partial charge >= 0.3 is 0 Å². The summed E-state index contributed by atoms with van der Waals surface area (Å²) in [6, 6.07) is 139. The Bertz CT molecular complexity index is 6470. The minimum atomic E-state index is -0.570. The van der Waals surface area contributed by atoms with Crippen molar-refractivity contribution < 1.29 is 0 Å². The maximum absolute atomic E-state index is 4.13. The van der Waals surface area contributed by atoms with Crippen LogP contribution in [0.4, 0.5) is 34.1 Å². The lowest BCUT2D eigenvalue weighted by molar-refractivity contribution is 0.458. The first kappa shape index (κ1) is 83.4. The molecular weight excluding hydrogens is 1530 g/mol. The summed E-state index contributed by atoms with van der Waals surface area (Å²) in [5, 5.41) is 0. The van der Waals surface area contributed by atoms with Crippen molar-refractivity contribution in [1.82, 2.24) is 0 Å². The Balaban J connectivity index is 0.719.